The largest absolute Gasteiger partial charge is 0.497 e. The Morgan fingerprint density at radius 3 is 2.47 bits per heavy atom. The van der Waals surface area contributed by atoms with Crippen molar-refractivity contribution in [2.24, 2.45) is 5.10 Å². The van der Waals surface area contributed by atoms with E-state index in [-0.39, 0.29) is 11.3 Å². The molecule has 0 fully saturated rings. The van der Waals surface area contributed by atoms with Gasteiger partial charge in [0, 0.05) is 6.42 Å². The van der Waals surface area contributed by atoms with Crippen LogP contribution in [0.15, 0.2) is 76.6 Å². The first-order valence-electron chi connectivity index (χ1n) is 10.6. The summed E-state index contributed by atoms with van der Waals surface area (Å²) in [6.45, 7) is 1.91. The van der Waals surface area contributed by atoms with Gasteiger partial charge in [-0.3, -0.25) is 4.79 Å². The topological polar surface area (TPSA) is 92.0 Å². The smallest absolute Gasteiger partial charge is 0.343 e. The fraction of sp³-hybridized carbons (Fsp3) is 0.154. The third-order valence-electron chi connectivity index (χ3n) is 5.18. The predicted octanol–water partition coefficient (Wildman–Crippen LogP) is 4.08. The standard InChI is InChI=1S/C26H23N3O5/c1-4-24-28-21-8-6-5-7-20(21)25(30)29(24)27-16-17-9-14-22(23(15-17)33-3)34-26(31)18-10-12-19(32-2)13-11-18/h5-16H,4H2,1-3H3. The first-order chi connectivity index (χ1) is 16.5. The number of carbonyl (C=O) groups excluding carboxylic acids is 1. The molecule has 8 heteroatoms. The highest BCUT2D eigenvalue weighted by atomic mass is 16.6. The van der Waals surface area contributed by atoms with E-state index in [9.17, 15) is 9.59 Å². The average Bonchev–Trinajstić information content (AvgIpc) is 2.88. The summed E-state index contributed by atoms with van der Waals surface area (Å²) in [5, 5.41) is 4.86. The van der Waals surface area contributed by atoms with Crippen LogP contribution in [0.5, 0.6) is 17.2 Å². The Morgan fingerprint density at radius 2 is 1.76 bits per heavy atom. The molecule has 0 spiro atoms. The Labute approximate surface area is 196 Å². The van der Waals surface area contributed by atoms with E-state index in [4.69, 9.17) is 14.2 Å². The Balaban J connectivity index is 1.60. The molecule has 0 unspecified atom stereocenters. The quantitative estimate of drug-likeness (QED) is 0.236. The lowest BCUT2D eigenvalue weighted by atomic mass is 10.2. The van der Waals surface area contributed by atoms with Gasteiger partial charge >= 0.3 is 5.97 Å². The lowest BCUT2D eigenvalue weighted by molar-refractivity contribution is 0.0729. The fourth-order valence-corrected chi connectivity index (χ4v) is 3.38. The normalized spacial score (nSPS) is 11.0. The first kappa shape index (κ1) is 22.7. The Kier molecular flexibility index (Phi) is 6.68. The number of methoxy groups -OCH3 is 2. The molecule has 0 saturated heterocycles. The van der Waals surface area contributed by atoms with Crippen molar-refractivity contribution in [2.45, 2.75) is 13.3 Å². The molecule has 0 aliphatic heterocycles. The number of fused-ring (bicyclic) bond motifs is 1. The summed E-state index contributed by atoms with van der Waals surface area (Å²) in [5.41, 5.74) is 1.43. The third kappa shape index (κ3) is 4.66. The minimum Gasteiger partial charge on any atom is -0.497 e. The lowest BCUT2D eigenvalue weighted by Gasteiger charge is -2.10. The van der Waals surface area contributed by atoms with Gasteiger partial charge in [0.2, 0.25) is 0 Å². The summed E-state index contributed by atoms with van der Waals surface area (Å²) in [6, 6.07) is 18.8. The maximum Gasteiger partial charge on any atom is 0.343 e. The zero-order valence-corrected chi connectivity index (χ0v) is 19.0. The second-order valence-electron chi connectivity index (χ2n) is 7.29. The number of rotatable bonds is 7. The molecule has 1 aromatic heterocycles. The van der Waals surface area contributed by atoms with Gasteiger partial charge in [-0.15, -0.1) is 0 Å². The Hall–Kier alpha value is -4.46. The highest BCUT2D eigenvalue weighted by Gasteiger charge is 2.13. The van der Waals surface area contributed by atoms with Gasteiger partial charge in [0.15, 0.2) is 11.5 Å². The third-order valence-corrected chi connectivity index (χ3v) is 5.18. The van der Waals surface area contributed by atoms with E-state index >= 15 is 0 Å². The van der Waals surface area contributed by atoms with E-state index < -0.39 is 5.97 Å². The van der Waals surface area contributed by atoms with Crippen LogP contribution in [-0.4, -0.2) is 36.1 Å². The molecule has 4 aromatic rings. The first-order valence-corrected chi connectivity index (χ1v) is 10.6. The van der Waals surface area contributed by atoms with Crippen LogP contribution in [0, 0.1) is 0 Å². The van der Waals surface area contributed by atoms with Crippen LogP contribution in [0.2, 0.25) is 0 Å². The molecule has 0 saturated carbocycles. The van der Waals surface area contributed by atoms with Crippen molar-refractivity contribution in [3.05, 3.63) is 94.0 Å². The number of carbonyl (C=O) groups is 1. The van der Waals surface area contributed by atoms with Crippen LogP contribution < -0.4 is 19.8 Å². The molecule has 0 aliphatic carbocycles. The van der Waals surface area contributed by atoms with Gasteiger partial charge in [0.25, 0.3) is 5.56 Å². The van der Waals surface area contributed by atoms with Crippen molar-refractivity contribution in [3.63, 3.8) is 0 Å². The Bertz CT molecular complexity index is 1430. The zero-order chi connectivity index (χ0) is 24.1. The van der Waals surface area contributed by atoms with Crippen LogP contribution in [0.4, 0.5) is 0 Å². The van der Waals surface area contributed by atoms with Crippen molar-refractivity contribution in [2.75, 3.05) is 14.2 Å². The van der Waals surface area contributed by atoms with E-state index in [1.54, 1.807) is 67.8 Å². The molecule has 0 N–H and O–H groups in total. The van der Waals surface area contributed by atoms with Crippen molar-refractivity contribution in [1.82, 2.24) is 9.66 Å². The van der Waals surface area contributed by atoms with Gasteiger partial charge < -0.3 is 14.2 Å². The molecule has 1 heterocycles. The summed E-state index contributed by atoms with van der Waals surface area (Å²) in [4.78, 5) is 30.0. The number of hydrogen-bond acceptors (Lipinski definition) is 7. The van der Waals surface area contributed by atoms with Crippen molar-refractivity contribution in [1.29, 1.82) is 0 Å². The van der Waals surface area contributed by atoms with E-state index in [0.717, 1.165) is 0 Å². The van der Waals surface area contributed by atoms with E-state index in [0.29, 0.717) is 45.8 Å². The molecule has 0 radical (unpaired) electrons. The summed E-state index contributed by atoms with van der Waals surface area (Å²) >= 11 is 0. The number of benzene rings is 3. The van der Waals surface area contributed by atoms with Crippen LogP contribution in [0.25, 0.3) is 10.9 Å². The van der Waals surface area contributed by atoms with Crippen LogP contribution in [0.1, 0.15) is 28.7 Å². The lowest BCUT2D eigenvalue weighted by Crippen LogP contribution is -2.22. The van der Waals surface area contributed by atoms with Crippen molar-refractivity contribution in [3.8, 4) is 17.2 Å². The van der Waals surface area contributed by atoms with Crippen LogP contribution in [-0.2, 0) is 6.42 Å². The molecule has 172 valence electrons. The van der Waals surface area contributed by atoms with E-state index in [1.165, 1.54) is 18.0 Å². The van der Waals surface area contributed by atoms with E-state index in [1.807, 2.05) is 13.0 Å². The van der Waals surface area contributed by atoms with Crippen LogP contribution in [0.3, 0.4) is 0 Å². The molecule has 0 atom stereocenters. The van der Waals surface area contributed by atoms with Gasteiger partial charge in [-0.2, -0.15) is 9.78 Å². The average molecular weight is 457 g/mol. The van der Waals surface area contributed by atoms with Crippen molar-refractivity contribution < 1.29 is 19.0 Å². The molecular formula is C26H23N3O5. The number of aryl methyl sites for hydroxylation is 1. The monoisotopic (exact) mass is 457 g/mol. The highest BCUT2D eigenvalue weighted by molar-refractivity contribution is 5.91. The fourth-order valence-electron chi connectivity index (χ4n) is 3.38. The Morgan fingerprint density at radius 1 is 1.00 bits per heavy atom. The number of ether oxygens (including phenoxy) is 3. The van der Waals surface area contributed by atoms with Gasteiger partial charge in [0.05, 0.1) is 36.9 Å². The van der Waals surface area contributed by atoms with Gasteiger partial charge in [-0.1, -0.05) is 19.1 Å². The molecule has 0 aliphatic rings. The number of aromatic nitrogens is 2. The molecular weight excluding hydrogens is 434 g/mol. The summed E-state index contributed by atoms with van der Waals surface area (Å²) in [5.74, 6) is 1.29. The van der Waals surface area contributed by atoms with Gasteiger partial charge in [-0.25, -0.2) is 9.78 Å². The predicted molar refractivity (Wildman–Crippen MR) is 129 cm³/mol. The summed E-state index contributed by atoms with van der Waals surface area (Å²) in [7, 11) is 3.03. The summed E-state index contributed by atoms with van der Waals surface area (Å²) < 4.78 is 17.3. The minimum absolute atomic E-state index is 0.240. The molecule has 4 rings (SSSR count). The molecule has 34 heavy (non-hydrogen) atoms. The maximum atomic E-state index is 12.9. The number of esters is 1. The second-order valence-corrected chi connectivity index (χ2v) is 7.29. The van der Waals surface area contributed by atoms with Gasteiger partial charge in [-0.05, 0) is 60.2 Å². The number of para-hydroxylation sites is 1. The minimum atomic E-state index is -0.524. The zero-order valence-electron chi connectivity index (χ0n) is 19.0. The summed E-state index contributed by atoms with van der Waals surface area (Å²) in [6.07, 6.45) is 2.08. The highest BCUT2D eigenvalue weighted by Crippen LogP contribution is 2.28. The van der Waals surface area contributed by atoms with Crippen LogP contribution >= 0.6 is 0 Å². The van der Waals surface area contributed by atoms with Crippen molar-refractivity contribution >= 4 is 23.1 Å². The van der Waals surface area contributed by atoms with Gasteiger partial charge in [0.1, 0.15) is 11.6 Å². The number of nitrogens with zero attached hydrogens (tertiary/aromatic N) is 3. The SMILES string of the molecule is CCc1nc2ccccc2c(=O)n1N=Cc1ccc(OC(=O)c2ccc(OC)cc2)c(OC)c1. The number of hydrogen-bond donors (Lipinski definition) is 0. The molecule has 8 nitrogen and oxygen atoms in total. The second kappa shape index (κ2) is 9.99. The molecule has 0 bridgehead atoms. The molecule has 0 amide bonds. The van der Waals surface area contributed by atoms with E-state index in [2.05, 4.69) is 10.1 Å². The molecule has 3 aromatic carbocycles. The maximum absolute atomic E-state index is 12.9.